The molecule has 13 heteroatoms. The number of nitrogens with zero attached hydrogens (tertiary/aromatic N) is 6. The van der Waals surface area contributed by atoms with Gasteiger partial charge in [0.15, 0.2) is 0 Å². The first-order chi connectivity index (χ1) is 38.7. The van der Waals surface area contributed by atoms with Gasteiger partial charge in [0, 0.05) is 72.8 Å². The molecule has 0 aliphatic carbocycles. The van der Waals surface area contributed by atoms with Crippen LogP contribution in [0.25, 0.3) is 0 Å². The van der Waals surface area contributed by atoms with Gasteiger partial charge < -0.3 is 28.4 Å². The first-order valence-corrected chi connectivity index (χ1v) is 28.4. The van der Waals surface area contributed by atoms with E-state index in [1.54, 1.807) is 48.5 Å². The fourth-order valence-electron chi connectivity index (χ4n) is 6.86. The Morgan fingerprint density at radius 1 is 0.291 bits per heavy atom. The third-order valence-electron chi connectivity index (χ3n) is 11.1. The van der Waals surface area contributed by atoms with Crippen LogP contribution in [-0.4, -0.2) is 69.5 Å². The Morgan fingerprint density at radius 2 is 0.468 bits per heavy atom. The highest BCUT2D eigenvalue weighted by Gasteiger charge is 2.09. The van der Waals surface area contributed by atoms with Crippen molar-refractivity contribution in [1.29, 1.82) is 0 Å². The minimum Gasteiger partial charge on any atom is -0.493 e. The number of aromatic nitrogens is 6. The van der Waals surface area contributed by atoms with Gasteiger partial charge in [-0.1, -0.05) is 86.0 Å². The van der Waals surface area contributed by atoms with Gasteiger partial charge in [-0.2, -0.15) is 0 Å². The predicted molar refractivity (Wildman–Crippen MR) is 318 cm³/mol. The molecule has 0 atom stereocenters. The standard InChI is InChI=1S/C66H67IN6O6/c1-8-15-31-74-60-37-49(14-7)68-50(38-60)21-22-51-39-61(75-32-16-9-2)40-52(69-51)23-24-53-41-62(76-33-17-10-3)42-54(70-53)25-26-55-43-63(77-34-18-11-4)44-56(71-55)27-28-57-45-64(78-35-19-12-5)46-58(72-57)29-30-59-47-65(48-66(67)73-59)79-36-20-13-6/h7,37-48H,8-13,15-20,31-36H2,1-6H3. The number of rotatable bonds is 24. The van der Waals surface area contributed by atoms with E-state index >= 15 is 0 Å². The molecule has 0 saturated heterocycles. The SMILES string of the molecule is C#Cc1cc(OCCCC)cc(C#Cc2cc(OCCCC)cc(C#Cc3cc(OCCCC)cc(C#Cc4cc(OCCCC)cc(C#Cc5cc(OCCCC)cc(C#Cc6cc(OCCCC)cc(I)n6)n5)n4)n3)n2)n1. The van der Waals surface area contributed by atoms with Gasteiger partial charge in [-0.15, -0.1) is 6.42 Å². The quantitative estimate of drug-likeness (QED) is 0.0247. The molecule has 0 aromatic carbocycles. The zero-order chi connectivity index (χ0) is 55.9. The van der Waals surface area contributed by atoms with Crippen molar-refractivity contribution in [2.45, 2.75) is 119 Å². The van der Waals surface area contributed by atoms with Crippen molar-refractivity contribution in [3.05, 3.63) is 139 Å². The maximum absolute atomic E-state index is 6.19. The maximum Gasteiger partial charge on any atom is 0.124 e. The molecule has 0 fully saturated rings. The predicted octanol–water partition coefficient (Wildman–Crippen LogP) is 12.7. The van der Waals surface area contributed by atoms with Gasteiger partial charge in [0.25, 0.3) is 0 Å². The summed E-state index contributed by atoms with van der Waals surface area (Å²) in [6.45, 7) is 16.0. The third-order valence-corrected chi connectivity index (χ3v) is 11.7. The fourth-order valence-corrected chi connectivity index (χ4v) is 7.43. The van der Waals surface area contributed by atoms with Gasteiger partial charge in [0.1, 0.15) is 101 Å². The monoisotopic (exact) mass is 1170 g/mol. The summed E-state index contributed by atoms with van der Waals surface area (Å²) in [7, 11) is 0. The van der Waals surface area contributed by atoms with Gasteiger partial charge in [-0.25, -0.2) is 29.9 Å². The number of unbranched alkanes of at least 4 members (excludes halogenated alkanes) is 6. The highest BCUT2D eigenvalue weighted by atomic mass is 127. The zero-order valence-corrected chi connectivity index (χ0v) is 48.4. The van der Waals surface area contributed by atoms with E-state index in [0.717, 1.165) is 86.5 Å². The van der Waals surface area contributed by atoms with Gasteiger partial charge in [-0.05, 0) is 120 Å². The van der Waals surface area contributed by atoms with Crippen LogP contribution < -0.4 is 28.4 Å². The summed E-state index contributed by atoms with van der Waals surface area (Å²) in [6.07, 6.45) is 17.1. The van der Waals surface area contributed by atoms with Crippen LogP contribution in [0.5, 0.6) is 34.5 Å². The summed E-state index contributed by atoms with van der Waals surface area (Å²) in [4.78, 5) is 28.3. The molecular formula is C66H67IN6O6. The van der Waals surface area contributed by atoms with Crippen molar-refractivity contribution in [3.8, 4) is 106 Å². The van der Waals surface area contributed by atoms with Gasteiger partial charge in [0.05, 0.1) is 39.6 Å². The van der Waals surface area contributed by atoms with Crippen molar-refractivity contribution in [2.24, 2.45) is 0 Å². The first-order valence-electron chi connectivity index (χ1n) is 27.3. The summed E-state index contributed by atoms with van der Waals surface area (Å²) < 4.78 is 37.3. The number of ether oxygens (including phenoxy) is 6. The lowest BCUT2D eigenvalue weighted by Gasteiger charge is -2.07. The Hall–Kier alpha value is -8.21. The summed E-state index contributed by atoms with van der Waals surface area (Å²) in [6, 6.07) is 21.6. The smallest absolute Gasteiger partial charge is 0.124 e. The van der Waals surface area contributed by atoms with Crippen LogP contribution in [0.1, 0.15) is 181 Å². The van der Waals surface area contributed by atoms with Crippen LogP contribution in [0.4, 0.5) is 0 Å². The molecule has 0 spiro atoms. The molecule has 404 valence electrons. The third kappa shape index (κ3) is 22.0. The Kier molecular flexibility index (Phi) is 25.7. The van der Waals surface area contributed by atoms with Crippen LogP contribution in [-0.2, 0) is 0 Å². The van der Waals surface area contributed by atoms with Crippen LogP contribution >= 0.6 is 22.6 Å². The average Bonchev–Trinajstić information content (AvgIpc) is 3.44. The van der Waals surface area contributed by atoms with Crippen molar-refractivity contribution in [1.82, 2.24) is 29.9 Å². The van der Waals surface area contributed by atoms with Gasteiger partial charge in [-0.3, -0.25) is 0 Å². The summed E-state index contributed by atoms with van der Waals surface area (Å²) in [5, 5.41) is 0. The molecule has 79 heavy (non-hydrogen) atoms. The Morgan fingerprint density at radius 3 is 0.671 bits per heavy atom. The van der Waals surface area contributed by atoms with Crippen LogP contribution in [0.15, 0.2) is 72.8 Å². The lowest BCUT2D eigenvalue weighted by molar-refractivity contribution is 0.308. The maximum atomic E-state index is 6.19. The van der Waals surface area contributed by atoms with Crippen molar-refractivity contribution >= 4 is 22.6 Å². The second kappa shape index (κ2) is 33.8. The summed E-state index contributed by atoms with van der Waals surface area (Å²) in [5.74, 6) is 38.1. The molecule has 0 aliphatic rings. The Bertz CT molecular complexity index is 3370. The number of terminal acetylenes is 1. The van der Waals surface area contributed by atoms with Gasteiger partial charge in [0.2, 0.25) is 0 Å². The molecule has 0 unspecified atom stereocenters. The average molecular weight is 1170 g/mol. The molecule has 0 N–H and O–H groups in total. The molecule has 6 aromatic rings. The molecule has 0 saturated carbocycles. The van der Waals surface area contributed by atoms with E-state index in [9.17, 15) is 0 Å². The molecule has 0 bridgehead atoms. The minimum absolute atomic E-state index is 0.430. The Balaban J connectivity index is 1.34. The summed E-state index contributed by atoms with van der Waals surface area (Å²) in [5.41, 5.74) is 5.04. The molecule has 6 aromatic heterocycles. The largest absolute Gasteiger partial charge is 0.493 e. The van der Waals surface area contributed by atoms with Crippen LogP contribution in [0, 0.1) is 75.2 Å². The molecule has 6 heterocycles. The van der Waals surface area contributed by atoms with E-state index in [1.807, 2.05) is 24.3 Å². The van der Waals surface area contributed by atoms with E-state index < -0.39 is 0 Å². The van der Waals surface area contributed by atoms with E-state index in [4.69, 9.17) is 54.8 Å². The second-order valence-electron chi connectivity index (χ2n) is 18.0. The van der Waals surface area contributed by atoms with Crippen LogP contribution in [0.2, 0.25) is 0 Å². The van der Waals surface area contributed by atoms with Gasteiger partial charge >= 0.3 is 0 Å². The summed E-state index contributed by atoms with van der Waals surface area (Å²) >= 11 is 2.17. The van der Waals surface area contributed by atoms with Crippen molar-refractivity contribution in [3.63, 3.8) is 0 Å². The first kappa shape index (κ1) is 60.0. The minimum atomic E-state index is 0.430. The molecule has 6 rings (SSSR count). The highest BCUT2D eigenvalue weighted by Crippen LogP contribution is 2.21. The normalized spacial score (nSPS) is 10.1. The molecule has 0 radical (unpaired) electrons. The van der Waals surface area contributed by atoms with Crippen molar-refractivity contribution in [2.75, 3.05) is 39.6 Å². The second-order valence-corrected chi connectivity index (χ2v) is 19.1. The Labute approximate surface area is 481 Å². The molecule has 12 nitrogen and oxygen atoms in total. The van der Waals surface area contributed by atoms with Crippen molar-refractivity contribution < 1.29 is 28.4 Å². The van der Waals surface area contributed by atoms with E-state index in [1.165, 1.54) is 0 Å². The van der Waals surface area contributed by atoms with Crippen LogP contribution in [0.3, 0.4) is 0 Å². The molecule has 0 amide bonds. The number of hydrogen-bond donors (Lipinski definition) is 0. The van der Waals surface area contributed by atoms with E-state index in [0.29, 0.717) is 131 Å². The highest BCUT2D eigenvalue weighted by molar-refractivity contribution is 14.1. The molecular weight excluding hydrogens is 1100 g/mol. The lowest BCUT2D eigenvalue weighted by Crippen LogP contribution is -2.00. The lowest BCUT2D eigenvalue weighted by atomic mass is 10.2. The fraction of sp³-hybridized carbons (Fsp3) is 0.364. The van der Waals surface area contributed by atoms with E-state index in [-0.39, 0.29) is 0 Å². The molecule has 0 aliphatic heterocycles. The number of pyridine rings is 6. The topological polar surface area (TPSA) is 133 Å². The number of halogens is 1. The number of hydrogen-bond acceptors (Lipinski definition) is 12. The van der Waals surface area contributed by atoms with E-state index in [2.05, 4.69) is 139 Å². The zero-order valence-electron chi connectivity index (χ0n) is 46.2.